The summed E-state index contributed by atoms with van der Waals surface area (Å²) >= 11 is 0. The number of carbonyl (C=O) groups excluding carboxylic acids is 1. The number of rotatable bonds is 4. The molecule has 0 saturated heterocycles. The van der Waals surface area contributed by atoms with Crippen LogP contribution in [0.25, 0.3) is 0 Å². The lowest BCUT2D eigenvalue weighted by atomic mass is 10.1. The van der Waals surface area contributed by atoms with Crippen molar-refractivity contribution in [1.29, 1.82) is 0 Å². The van der Waals surface area contributed by atoms with Crippen molar-refractivity contribution < 1.29 is 9.63 Å². The molecule has 0 unspecified atom stereocenters. The Labute approximate surface area is 114 Å². The fraction of sp³-hybridized carbons (Fsp3) is 0.467. The topological polar surface area (TPSA) is 41.9 Å². The van der Waals surface area contributed by atoms with Gasteiger partial charge in [0.25, 0.3) is 0 Å². The summed E-state index contributed by atoms with van der Waals surface area (Å²) in [5.74, 6) is 0.0298. The number of oxime groups is 1. The molecule has 0 aromatic heterocycles. The standard InChI is InChI=1S/C15H20N2O2/c1-17(2)11-13-9-6-10-14(13)16-19-15(18)12-7-4-3-5-8-12/h3-5,7-8,13H,6,9-11H2,1-2H3/b16-14-/t13-/m0/s1. The molecular formula is C15H20N2O2. The van der Waals surface area contributed by atoms with Gasteiger partial charge in [0.15, 0.2) is 0 Å². The number of hydrogen-bond acceptors (Lipinski definition) is 4. The molecule has 0 heterocycles. The maximum absolute atomic E-state index is 11.8. The minimum Gasteiger partial charge on any atom is -0.313 e. The van der Waals surface area contributed by atoms with Crippen LogP contribution in [-0.4, -0.2) is 37.2 Å². The van der Waals surface area contributed by atoms with Crippen LogP contribution in [0.4, 0.5) is 0 Å². The van der Waals surface area contributed by atoms with E-state index in [0.29, 0.717) is 11.5 Å². The van der Waals surface area contributed by atoms with Crippen molar-refractivity contribution in [1.82, 2.24) is 4.90 Å². The van der Waals surface area contributed by atoms with E-state index in [4.69, 9.17) is 4.84 Å². The first-order chi connectivity index (χ1) is 9.16. The monoisotopic (exact) mass is 260 g/mol. The molecule has 0 spiro atoms. The first kappa shape index (κ1) is 13.7. The fourth-order valence-corrected chi connectivity index (χ4v) is 2.38. The lowest BCUT2D eigenvalue weighted by Crippen LogP contribution is -2.24. The van der Waals surface area contributed by atoms with Gasteiger partial charge in [0.1, 0.15) is 0 Å². The van der Waals surface area contributed by atoms with E-state index in [2.05, 4.69) is 10.1 Å². The average molecular weight is 260 g/mol. The first-order valence-electron chi connectivity index (χ1n) is 6.64. The molecule has 4 nitrogen and oxygen atoms in total. The van der Waals surface area contributed by atoms with E-state index in [9.17, 15) is 4.79 Å². The Morgan fingerprint density at radius 3 is 2.79 bits per heavy atom. The van der Waals surface area contributed by atoms with Crippen LogP contribution in [0.5, 0.6) is 0 Å². The van der Waals surface area contributed by atoms with Crippen molar-refractivity contribution in [3.8, 4) is 0 Å². The van der Waals surface area contributed by atoms with E-state index in [1.807, 2.05) is 32.3 Å². The normalized spacial score (nSPS) is 21.0. The van der Waals surface area contributed by atoms with Gasteiger partial charge in [0, 0.05) is 12.5 Å². The highest BCUT2D eigenvalue weighted by atomic mass is 16.7. The Hall–Kier alpha value is -1.68. The van der Waals surface area contributed by atoms with E-state index in [1.165, 1.54) is 0 Å². The molecule has 2 rings (SSSR count). The minimum atomic E-state index is -0.386. The predicted octanol–water partition coefficient (Wildman–Crippen LogP) is 2.56. The van der Waals surface area contributed by atoms with Crippen LogP contribution in [0.1, 0.15) is 29.6 Å². The Morgan fingerprint density at radius 2 is 2.11 bits per heavy atom. The van der Waals surface area contributed by atoms with Crippen molar-refractivity contribution in [2.24, 2.45) is 11.1 Å². The molecule has 102 valence electrons. The van der Waals surface area contributed by atoms with Gasteiger partial charge in [0.05, 0.1) is 11.3 Å². The second kappa shape index (κ2) is 6.48. The van der Waals surface area contributed by atoms with E-state index in [1.54, 1.807) is 12.1 Å². The Morgan fingerprint density at radius 1 is 1.37 bits per heavy atom. The Kier molecular flexibility index (Phi) is 4.68. The first-order valence-corrected chi connectivity index (χ1v) is 6.64. The number of nitrogens with zero attached hydrogens (tertiary/aromatic N) is 2. The molecule has 1 aliphatic carbocycles. The summed E-state index contributed by atoms with van der Waals surface area (Å²) in [6.45, 7) is 0.960. The van der Waals surface area contributed by atoms with Gasteiger partial charge in [-0.3, -0.25) is 0 Å². The van der Waals surface area contributed by atoms with E-state index in [0.717, 1.165) is 31.5 Å². The quantitative estimate of drug-likeness (QED) is 0.617. The van der Waals surface area contributed by atoms with Crippen LogP contribution in [0.3, 0.4) is 0 Å². The summed E-state index contributed by atoms with van der Waals surface area (Å²) in [7, 11) is 4.10. The van der Waals surface area contributed by atoms with Gasteiger partial charge in [-0.25, -0.2) is 4.79 Å². The molecule has 0 radical (unpaired) electrons. The summed E-state index contributed by atoms with van der Waals surface area (Å²) in [6, 6.07) is 8.96. The maximum atomic E-state index is 11.8. The molecule has 1 fully saturated rings. The largest absolute Gasteiger partial charge is 0.365 e. The SMILES string of the molecule is CN(C)C[C@@H]1CCC/C1=N/OC(=O)c1ccccc1. The summed E-state index contributed by atoms with van der Waals surface area (Å²) in [5, 5.41) is 4.07. The van der Waals surface area contributed by atoms with Gasteiger partial charge in [-0.05, 0) is 45.5 Å². The maximum Gasteiger partial charge on any atom is 0.365 e. The minimum absolute atomic E-state index is 0.386. The molecule has 4 heteroatoms. The van der Waals surface area contributed by atoms with Crippen molar-refractivity contribution in [3.05, 3.63) is 35.9 Å². The zero-order chi connectivity index (χ0) is 13.7. The third-order valence-corrected chi connectivity index (χ3v) is 3.30. The molecule has 0 aliphatic heterocycles. The summed E-state index contributed by atoms with van der Waals surface area (Å²) < 4.78 is 0. The molecule has 0 N–H and O–H groups in total. The third-order valence-electron chi connectivity index (χ3n) is 3.30. The predicted molar refractivity (Wildman–Crippen MR) is 75.2 cm³/mol. The van der Waals surface area contributed by atoms with Crippen molar-refractivity contribution in [2.45, 2.75) is 19.3 Å². The highest BCUT2D eigenvalue weighted by Crippen LogP contribution is 2.23. The molecule has 1 aliphatic rings. The molecule has 1 atom stereocenters. The highest BCUT2D eigenvalue weighted by molar-refractivity contribution is 5.92. The van der Waals surface area contributed by atoms with E-state index < -0.39 is 0 Å². The summed E-state index contributed by atoms with van der Waals surface area (Å²) in [4.78, 5) is 19.0. The lowest BCUT2D eigenvalue weighted by Gasteiger charge is -2.15. The number of benzene rings is 1. The Balaban J connectivity index is 1.96. The molecule has 0 amide bonds. The van der Waals surface area contributed by atoms with Crippen LogP contribution >= 0.6 is 0 Å². The molecule has 0 bridgehead atoms. The van der Waals surface area contributed by atoms with Crippen molar-refractivity contribution in [2.75, 3.05) is 20.6 Å². The molecule has 1 aromatic rings. The van der Waals surface area contributed by atoms with Gasteiger partial charge in [-0.15, -0.1) is 0 Å². The van der Waals surface area contributed by atoms with Crippen LogP contribution < -0.4 is 0 Å². The van der Waals surface area contributed by atoms with Crippen LogP contribution in [0.2, 0.25) is 0 Å². The molecule has 19 heavy (non-hydrogen) atoms. The summed E-state index contributed by atoms with van der Waals surface area (Å²) in [5.41, 5.74) is 1.55. The number of hydrogen-bond donors (Lipinski definition) is 0. The van der Waals surface area contributed by atoms with Crippen LogP contribution in [-0.2, 0) is 4.84 Å². The number of carbonyl (C=O) groups is 1. The second-order valence-corrected chi connectivity index (χ2v) is 5.18. The van der Waals surface area contributed by atoms with Gasteiger partial charge in [-0.1, -0.05) is 23.4 Å². The van der Waals surface area contributed by atoms with E-state index >= 15 is 0 Å². The van der Waals surface area contributed by atoms with Gasteiger partial charge in [-0.2, -0.15) is 0 Å². The van der Waals surface area contributed by atoms with Gasteiger partial charge < -0.3 is 9.74 Å². The Bertz CT molecular complexity index is 454. The lowest BCUT2D eigenvalue weighted by molar-refractivity contribution is 0.0513. The third kappa shape index (κ3) is 3.89. The summed E-state index contributed by atoms with van der Waals surface area (Å²) in [6.07, 6.45) is 3.18. The van der Waals surface area contributed by atoms with E-state index in [-0.39, 0.29) is 5.97 Å². The molecule has 1 saturated carbocycles. The van der Waals surface area contributed by atoms with Crippen LogP contribution in [0.15, 0.2) is 35.5 Å². The van der Waals surface area contributed by atoms with Gasteiger partial charge in [0.2, 0.25) is 0 Å². The van der Waals surface area contributed by atoms with Crippen LogP contribution in [0, 0.1) is 5.92 Å². The second-order valence-electron chi connectivity index (χ2n) is 5.18. The zero-order valence-electron chi connectivity index (χ0n) is 11.5. The fourth-order valence-electron chi connectivity index (χ4n) is 2.38. The highest BCUT2D eigenvalue weighted by Gasteiger charge is 2.24. The smallest absolute Gasteiger partial charge is 0.313 e. The van der Waals surface area contributed by atoms with Crippen molar-refractivity contribution in [3.63, 3.8) is 0 Å². The zero-order valence-corrected chi connectivity index (χ0v) is 11.5. The average Bonchev–Trinajstić information content (AvgIpc) is 2.83. The van der Waals surface area contributed by atoms with Crippen molar-refractivity contribution >= 4 is 11.7 Å². The molecular weight excluding hydrogens is 240 g/mol. The van der Waals surface area contributed by atoms with Gasteiger partial charge >= 0.3 is 5.97 Å². The molecule has 1 aromatic carbocycles.